The van der Waals surface area contributed by atoms with Gasteiger partial charge in [-0.2, -0.15) is 0 Å². The lowest BCUT2D eigenvalue weighted by atomic mass is 10.0. The van der Waals surface area contributed by atoms with Gasteiger partial charge in [-0.25, -0.2) is 4.98 Å². The summed E-state index contributed by atoms with van der Waals surface area (Å²) in [5.74, 6) is 0.365. The molecule has 2 aromatic heterocycles. The number of rotatable bonds is 8. The lowest BCUT2D eigenvalue weighted by molar-refractivity contribution is -0.113. The lowest BCUT2D eigenvalue weighted by Crippen LogP contribution is -2.23. The van der Waals surface area contributed by atoms with Crippen molar-refractivity contribution in [1.29, 1.82) is 0 Å². The SMILES string of the molecule is C=CCn1c(SCC(=O)Nc2ccccc2C(C)C)nc2sc(CC)cc2c1=O. The maximum atomic E-state index is 12.9. The van der Waals surface area contributed by atoms with Gasteiger partial charge in [-0.05, 0) is 30.0 Å². The molecular formula is C22H25N3O2S2. The molecule has 0 aliphatic heterocycles. The van der Waals surface area contributed by atoms with Gasteiger partial charge < -0.3 is 5.32 Å². The summed E-state index contributed by atoms with van der Waals surface area (Å²) < 4.78 is 1.58. The number of carbonyl (C=O) groups is 1. The van der Waals surface area contributed by atoms with Gasteiger partial charge in [-0.3, -0.25) is 14.2 Å². The summed E-state index contributed by atoms with van der Waals surface area (Å²) in [6, 6.07) is 9.73. The minimum absolute atomic E-state index is 0.0843. The minimum Gasteiger partial charge on any atom is -0.325 e. The molecule has 7 heteroatoms. The van der Waals surface area contributed by atoms with Crippen LogP contribution in [0.1, 0.15) is 37.1 Å². The molecule has 1 N–H and O–H groups in total. The van der Waals surface area contributed by atoms with Crippen LogP contribution in [-0.2, 0) is 17.8 Å². The normalized spacial score (nSPS) is 11.2. The van der Waals surface area contributed by atoms with E-state index in [0.29, 0.717) is 23.0 Å². The van der Waals surface area contributed by atoms with E-state index in [-0.39, 0.29) is 17.2 Å². The molecule has 0 aliphatic carbocycles. The molecule has 0 aliphatic rings. The summed E-state index contributed by atoms with van der Waals surface area (Å²) in [5.41, 5.74) is 1.84. The number of aryl methyl sites for hydroxylation is 1. The van der Waals surface area contributed by atoms with Gasteiger partial charge >= 0.3 is 0 Å². The minimum atomic E-state index is -0.122. The van der Waals surface area contributed by atoms with Crippen LogP contribution in [0.15, 0.2) is 52.9 Å². The van der Waals surface area contributed by atoms with Crippen LogP contribution in [-0.4, -0.2) is 21.2 Å². The van der Waals surface area contributed by atoms with Crippen molar-refractivity contribution >= 4 is 44.9 Å². The molecule has 152 valence electrons. The summed E-state index contributed by atoms with van der Waals surface area (Å²) in [4.78, 5) is 32.0. The van der Waals surface area contributed by atoms with Crippen LogP contribution < -0.4 is 10.9 Å². The molecule has 3 rings (SSSR count). The average Bonchev–Trinajstić information content (AvgIpc) is 3.12. The number of anilines is 1. The number of nitrogens with one attached hydrogen (secondary N) is 1. The number of hydrogen-bond donors (Lipinski definition) is 1. The maximum absolute atomic E-state index is 12.9. The summed E-state index contributed by atoms with van der Waals surface area (Å²) in [7, 11) is 0. The Morgan fingerprint density at radius 1 is 1.38 bits per heavy atom. The molecule has 0 saturated heterocycles. The van der Waals surface area contributed by atoms with Crippen LogP contribution in [0.2, 0.25) is 0 Å². The number of nitrogens with zero attached hydrogens (tertiary/aromatic N) is 2. The fourth-order valence-electron chi connectivity index (χ4n) is 3.05. The van der Waals surface area contributed by atoms with E-state index in [1.807, 2.05) is 30.3 Å². The van der Waals surface area contributed by atoms with Gasteiger partial charge in [-0.15, -0.1) is 17.9 Å². The summed E-state index contributed by atoms with van der Waals surface area (Å²) >= 11 is 2.80. The van der Waals surface area contributed by atoms with Crippen molar-refractivity contribution in [3.8, 4) is 0 Å². The standard InChI is InChI=1S/C22H25N3O2S2/c1-5-11-25-21(27)17-12-15(6-2)29-20(17)24-22(25)28-13-19(26)23-18-10-8-7-9-16(18)14(3)4/h5,7-10,12,14H,1,6,11,13H2,2-4H3,(H,23,26). The molecule has 3 aromatic rings. The summed E-state index contributed by atoms with van der Waals surface area (Å²) in [5, 5.41) is 4.16. The Labute approximate surface area is 178 Å². The maximum Gasteiger partial charge on any atom is 0.263 e. The van der Waals surface area contributed by atoms with Crippen LogP contribution in [0.3, 0.4) is 0 Å². The van der Waals surface area contributed by atoms with E-state index in [4.69, 9.17) is 0 Å². The van der Waals surface area contributed by atoms with E-state index in [1.165, 1.54) is 23.1 Å². The zero-order chi connectivity index (χ0) is 21.0. The van der Waals surface area contributed by atoms with Crippen molar-refractivity contribution in [3.63, 3.8) is 0 Å². The Hall–Kier alpha value is -2.38. The Morgan fingerprint density at radius 2 is 2.14 bits per heavy atom. The Morgan fingerprint density at radius 3 is 2.83 bits per heavy atom. The molecule has 1 amide bonds. The first-order valence-electron chi connectivity index (χ1n) is 9.60. The van der Waals surface area contributed by atoms with E-state index < -0.39 is 0 Å². The monoisotopic (exact) mass is 427 g/mol. The molecule has 0 atom stereocenters. The lowest BCUT2D eigenvalue weighted by Gasteiger charge is -2.14. The second kappa shape index (κ2) is 9.41. The summed E-state index contributed by atoms with van der Waals surface area (Å²) in [6.45, 7) is 10.4. The van der Waals surface area contributed by atoms with Crippen molar-refractivity contribution in [3.05, 3.63) is 63.8 Å². The molecule has 2 heterocycles. The van der Waals surface area contributed by atoms with Crippen molar-refractivity contribution < 1.29 is 4.79 Å². The number of amides is 1. The molecule has 5 nitrogen and oxygen atoms in total. The molecular weight excluding hydrogens is 402 g/mol. The second-order valence-corrected chi connectivity index (χ2v) is 9.02. The van der Waals surface area contributed by atoms with Gasteiger partial charge in [0.15, 0.2) is 5.16 Å². The number of aromatic nitrogens is 2. The van der Waals surface area contributed by atoms with Crippen LogP contribution in [0.4, 0.5) is 5.69 Å². The number of hydrogen-bond acceptors (Lipinski definition) is 5. The molecule has 0 bridgehead atoms. The van der Waals surface area contributed by atoms with Gasteiger partial charge in [0.2, 0.25) is 5.91 Å². The van der Waals surface area contributed by atoms with E-state index in [2.05, 4.69) is 37.7 Å². The third-order valence-corrected chi connectivity index (χ3v) is 6.67. The predicted molar refractivity (Wildman–Crippen MR) is 123 cm³/mol. The topological polar surface area (TPSA) is 64.0 Å². The first-order valence-corrected chi connectivity index (χ1v) is 11.4. The summed E-state index contributed by atoms with van der Waals surface area (Å²) in [6.07, 6.45) is 2.53. The van der Waals surface area contributed by atoms with Crippen molar-refractivity contribution in [2.75, 3.05) is 11.1 Å². The van der Waals surface area contributed by atoms with Gasteiger partial charge in [0, 0.05) is 17.1 Å². The van der Waals surface area contributed by atoms with Crippen molar-refractivity contribution in [2.45, 2.75) is 44.8 Å². The van der Waals surface area contributed by atoms with E-state index in [9.17, 15) is 9.59 Å². The van der Waals surface area contributed by atoms with Crippen LogP contribution >= 0.6 is 23.1 Å². The first kappa shape index (κ1) is 21.3. The van der Waals surface area contributed by atoms with E-state index in [1.54, 1.807) is 10.6 Å². The van der Waals surface area contributed by atoms with Gasteiger partial charge in [0.25, 0.3) is 5.56 Å². The third-order valence-electron chi connectivity index (χ3n) is 4.52. The quantitative estimate of drug-likeness (QED) is 0.310. The smallest absolute Gasteiger partial charge is 0.263 e. The predicted octanol–water partition coefficient (Wildman–Crippen LogP) is 5.06. The average molecular weight is 428 g/mol. The number of thiophene rings is 1. The number of fused-ring (bicyclic) bond motifs is 1. The number of para-hydroxylation sites is 1. The van der Waals surface area contributed by atoms with E-state index in [0.717, 1.165) is 27.4 Å². The highest BCUT2D eigenvalue weighted by atomic mass is 32.2. The zero-order valence-electron chi connectivity index (χ0n) is 16.9. The highest BCUT2D eigenvalue weighted by Gasteiger charge is 2.16. The highest BCUT2D eigenvalue weighted by molar-refractivity contribution is 7.99. The largest absolute Gasteiger partial charge is 0.325 e. The molecule has 0 spiro atoms. The first-order chi connectivity index (χ1) is 13.9. The van der Waals surface area contributed by atoms with Gasteiger partial charge in [-0.1, -0.05) is 56.8 Å². The number of allylic oxidation sites excluding steroid dienone is 1. The molecule has 0 saturated carbocycles. The van der Waals surface area contributed by atoms with Crippen LogP contribution in [0.25, 0.3) is 10.2 Å². The molecule has 29 heavy (non-hydrogen) atoms. The number of carbonyl (C=O) groups excluding carboxylic acids is 1. The fourth-order valence-corrected chi connectivity index (χ4v) is 4.87. The molecule has 0 radical (unpaired) electrons. The number of thioether (sulfide) groups is 1. The van der Waals surface area contributed by atoms with Gasteiger partial charge in [0.1, 0.15) is 4.83 Å². The zero-order valence-corrected chi connectivity index (χ0v) is 18.5. The Balaban J connectivity index is 1.82. The molecule has 0 unspecified atom stereocenters. The van der Waals surface area contributed by atoms with Gasteiger partial charge in [0.05, 0.1) is 11.1 Å². The van der Waals surface area contributed by atoms with Crippen molar-refractivity contribution in [1.82, 2.24) is 9.55 Å². The van der Waals surface area contributed by atoms with Crippen molar-refractivity contribution in [2.24, 2.45) is 0 Å². The highest BCUT2D eigenvalue weighted by Crippen LogP contribution is 2.26. The third kappa shape index (κ3) is 4.79. The number of benzene rings is 1. The fraction of sp³-hybridized carbons (Fsp3) is 0.318. The van der Waals surface area contributed by atoms with E-state index >= 15 is 0 Å². The second-order valence-electron chi connectivity index (χ2n) is 6.96. The molecule has 0 fully saturated rings. The Kier molecular flexibility index (Phi) is 6.92. The van der Waals surface area contributed by atoms with Crippen LogP contribution in [0.5, 0.6) is 0 Å². The molecule has 1 aromatic carbocycles. The Bertz CT molecular complexity index is 1100. The van der Waals surface area contributed by atoms with Crippen LogP contribution in [0, 0.1) is 0 Å².